The van der Waals surface area contributed by atoms with Crippen molar-refractivity contribution < 1.29 is 18.0 Å². The topological polar surface area (TPSA) is 71.8 Å². The zero-order valence-electron chi connectivity index (χ0n) is 15.2. The number of fused-ring (bicyclic) bond motifs is 1. The summed E-state index contributed by atoms with van der Waals surface area (Å²) in [5.41, 5.74) is 1.45. The van der Waals surface area contributed by atoms with Crippen LogP contribution in [0.15, 0.2) is 60.9 Å². The summed E-state index contributed by atoms with van der Waals surface area (Å²) in [6.07, 6.45) is -1.48. The number of anilines is 1. The molecule has 0 radical (unpaired) electrons. The van der Waals surface area contributed by atoms with E-state index >= 15 is 0 Å². The van der Waals surface area contributed by atoms with E-state index in [-0.39, 0.29) is 24.5 Å². The summed E-state index contributed by atoms with van der Waals surface area (Å²) in [4.78, 5) is 16.4. The molecule has 6 nitrogen and oxygen atoms in total. The summed E-state index contributed by atoms with van der Waals surface area (Å²) in [5.74, 6) is -0.381. The van der Waals surface area contributed by atoms with Crippen LogP contribution in [0.4, 0.5) is 19.0 Å². The Morgan fingerprint density at radius 3 is 2.69 bits per heavy atom. The molecule has 1 aromatic carbocycles. The fourth-order valence-corrected chi connectivity index (χ4v) is 3.36. The van der Waals surface area contributed by atoms with Crippen LogP contribution in [-0.4, -0.2) is 26.8 Å². The molecular weight excluding hydrogens is 383 g/mol. The Bertz CT molecular complexity index is 988. The number of pyridine rings is 1. The molecule has 2 aromatic heterocycles. The summed E-state index contributed by atoms with van der Waals surface area (Å²) in [7, 11) is 0. The molecule has 9 heteroatoms. The second-order valence-electron chi connectivity index (χ2n) is 6.80. The molecule has 0 saturated heterocycles. The molecule has 0 unspecified atom stereocenters. The van der Waals surface area contributed by atoms with Gasteiger partial charge in [-0.15, -0.1) is 0 Å². The second-order valence-corrected chi connectivity index (χ2v) is 6.80. The fraction of sp³-hybridized carbons (Fsp3) is 0.250. The number of hydrogen-bond donors (Lipinski definition) is 2. The van der Waals surface area contributed by atoms with Crippen molar-refractivity contribution in [1.82, 2.24) is 20.1 Å². The smallest absolute Gasteiger partial charge is 0.363 e. The summed E-state index contributed by atoms with van der Waals surface area (Å²) in [6.45, 7) is 0.206. The highest BCUT2D eigenvalue weighted by Crippen LogP contribution is 2.43. The molecule has 0 fully saturated rings. The Hall–Kier alpha value is -3.36. The third kappa shape index (κ3) is 4.08. The predicted molar refractivity (Wildman–Crippen MR) is 100 cm³/mol. The second kappa shape index (κ2) is 7.57. The van der Waals surface area contributed by atoms with Crippen molar-refractivity contribution in [2.75, 3.05) is 5.32 Å². The first-order valence-corrected chi connectivity index (χ1v) is 9.06. The van der Waals surface area contributed by atoms with Crippen molar-refractivity contribution in [3.63, 3.8) is 0 Å². The minimum atomic E-state index is -4.49. The molecule has 4 rings (SSSR count). The van der Waals surface area contributed by atoms with Gasteiger partial charge in [-0.1, -0.05) is 36.4 Å². The normalized spacial score (nSPS) is 18.6. The lowest BCUT2D eigenvalue weighted by molar-refractivity contribution is -0.173. The van der Waals surface area contributed by atoms with Crippen LogP contribution in [0.1, 0.15) is 40.1 Å². The first-order chi connectivity index (χ1) is 13.9. The van der Waals surface area contributed by atoms with Crippen molar-refractivity contribution in [1.29, 1.82) is 0 Å². The minimum Gasteiger partial charge on any atom is -0.363 e. The van der Waals surface area contributed by atoms with Crippen LogP contribution in [0.25, 0.3) is 0 Å². The third-order valence-corrected chi connectivity index (χ3v) is 4.80. The number of nitrogens with zero attached hydrogens (tertiary/aromatic N) is 3. The number of halogens is 3. The number of benzene rings is 1. The summed E-state index contributed by atoms with van der Waals surface area (Å²) < 4.78 is 41.9. The van der Waals surface area contributed by atoms with E-state index in [0.29, 0.717) is 0 Å². The van der Waals surface area contributed by atoms with Crippen LogP contribution in [0.5, 0.6) is 0 Å². The van der Waals surface area contributed by atoms with E-state index in [4.69, 9.17) is 0 Å². The summed E-state index contributed by atoms with van der Waals surface area (Å²) >= 11 is 0. The highest BCUT2D eigenvalue weighted by atomic mass is 19.4. The van der Waals surface area contributed by atoms with Crippen molar-refractivity contribution >= 4 is 11.7 Å². The Morgan fingerprint density at radius 2 is 2.00 bits per heavy atom. The van der Waals surface area contributed by atoms with Gasteiger partial charge in [0.25, 0.3) is 5.91 Å². The van der Waals surface area contributed by atoms with E-state index < -0.39 is 24.2 Å². The average molecular weight is 401 g/mol. The summed E-state index contributed by atoms with van der Waals surface area (Å²) in [5, 5.41) is 9.68. The molecule has 1 aliphatic rings. The SMILES string of the molecule is O=C(NCc1cccnc1)c1cc2n(n1)[C@@H](C(F)(F)F)C[C@@H](c1ccccc1)N2. The average Bonchev–Trinajstić information content (AvgIpc) is 3.16. The van der Waals surface area contributed by atoms with Gasteiger partial charge in [-0.3, -0.25) is 9.78 Å². The standard InChI is InChI=1S/C20H18F3N5O/c21-20(22,23)17-9-15(14-6-2-1-3-7-14)26-18-10-16(27-28(17)18)19(29)25-12-13-5-4-8-24-11-13/h1-8,10-11,15,17,26H,9,12H2,(H,25,29)/t15-,17+/m0/s1. The molecule has 0 saturated carbocycles. The fourth-order valence-electron chi connectivity index (χ4n) is 3.36. The van der Waals surface area contributed by atoms with Crippen LogP contribution in [0, 0.1) is 0 Å². The van der Waals surface area contributed by atoms with Crippen molar-refractivity contribution in [3.8, 4) is 0 Å². The molecule has 1 aliphatic heterocycles. The van der Waals surface area contributed by atoms with E-state index in [2.05, 4.69) is 20.7 Å². The van der Waals surface area contributed by atoms with E-state index in [0.717, 1.165) is 15.8 Å². The number of aromatic nitrogens is 3. The maximum atomic E-state index is 13.7. The number of rotatable bonds is 4. The number of carbonyl (C=O) groups excluding carboxylic acids is 1. The van der Waals surface area contributed by atoms with Gasteiger partial charge in [0.05, 0.1) is 6.04 Å². The molecule has 29 heavy (non-hydrogen) atoms. The van der Waals surface area contributed by atoms with Gasteiger partial charge >= 0.3 is 6.18 Å². The van der Waals surface area contributed by atoms with Gasteiger partial charge in [0.2, 0.25) is 0 Å². The molecule has 3 aromatic rings. The lowest BCUT2D eigenvalue weighted by Crippen LogP contribution is -2.35. The van der Waals surface area contributed by atoms with E-state index in [1.807, 2.05) is 6.07 Å². The maximum Gasteiger partial charge on any atom is 0.410 e. The van der Waals surface area contributed by atoms with Crippen LogP contribution in [0.3, 0.4) is 0 Å². The Morgan fingerprint density at radius 1 is 1.21 bits per heavy atom. The van der Waals surface area contributed by atoms with E-state index in [1.54, 1.807) is 48.8 Å². The van der Waals surface area contributed by atoms with Crippen LogP contribution < -0.4 is 10.6 Å². The number of amides is 1. The predicted octanol–water partition coefficient (Wildman–Crippen LogP) is 3.87. The zero-order chi connectivity index (χ0) is 20.4. The minimum absolute atomic E-state index is 0.0700. The molecule has 0 aliphatic carbocycles. The van der Waals surface area contributed by atoms with Crippen LogP contribution >= 0.6 is 0 Å². The summed E-state index contributed by atoms with van der Waals surface area (Å²) in [6, 6.07) is 11.5. The lowest BCUT2D eigenvalue weighted by atomic mass is 9.97. The molecule has 1 amide bonds. The number of alkyl halides is 3. The zero-order valence-corrected chi connectivity index (χ0v) is 15.2. The molecule has 2 atom stereocenters. The van der Waals surface area contributed by atoms with Crippen LogP contribution in [-0.2, 0) is 6.54 Å². The van der Waals surface area contributed by atoms with Crippen molar-refractivity contribution in [2.45, 2.75) is 31.2 Å². The largest absolute Gasteiger partial charge is 0.410 e. The Labute approximate surface area is 164 Å². The first-order valence-electron chi connectivity index (χ1n) is 9.06. The van der Waals surface area contributed by atoms with Gasteiger partial charge in [0.15, 0.2) is 11.7 Å². The molecule has 2 N–H and O–H groups in total. The van der Waals surface area contributed by atoms with Gasteiger partial charge in [0, 0.05) is 31.4 Å². The monoisotopic (exact) mass is 401 g/mol. The first kappa shape index (κ1) is 19.0. The molecular formula is C20H18F3N5O. The highest BCUT2D eigenvalue weighted by molar-refractivity contribution is 5.93. The van der Waals surface area contributed by atoms with Crippen molar-refractivity contribution in [2.24, 2.45) is 0 Å². The van der Waals surface area contributed by atoms with Gasteiger partial charge in [-0.2, -0.15) is 18.3 Å². The van der Waals surface area contributed by atoms with Crippen molar-refractivity contribution in [3.05, 3.63) is 77.7 Å². The highest BCUT2D eigenvalue weighted by Gasteiger charge is 2.46. The quantitative estimate of drug-likeness (QED) is 0.696. The number of carbonyl (C=O) groups is 1. The Kier molecular flexibility index (Phi) is 4.96. The van der Waals surface area contributed by atoms with Gasteiger partial charge in [0.1, 0.15) is 5.82 Å². The molecule has 3 heterocycles. The van der Waals surface area contributed by atoms with Gasteiger partial charge in [-0.25, -0.2) is 4.68 Å². The van der Waals surface area contributed by atoms with E-state index in [9.17, 15) is 18.0 Å². The van der Waals surface area contributed by atoms with Crippen LogP contribution in [0.2, 0.25) is 0 Å². The maximum absolute atomic E-state index is 13.7. The van der Waals surface area contributed by atoms with Gasteiger partial charge in [-0.05, 0) is 17.2 Å². The number of nitrogens with one attached hydrogen (secondary N) is 2. The van der Waals surface area contributed by atoms with E-state index in [1.165, 1.54) is 6.07 Å². The third-order valence-electron chi connectivity index (χ3n) is 4.80. The Balaban J connectivity index is 1.58. The van der Waals surface area contributed by atoms with Gasteiger partial charge < -0.3 is 10.6 Å². The molecule has 150 valence electrons. The number of hydrogen-bond acceptors (Lipinski definition) is 4. The molecule has 0 bridgehead atoms. The molecule has 0 spiro atoms. The lowest BCUT2D eigenvalue weighted by Gasteiger charge is -2.33.